The van der Waals surface area contributed by atoms with E-state index in [-0.39, 0.29) is 17.9 Å². The minimum absolute atomic E-state index is 0.148. The molecule has 0 spiro atoms. The van der Waals surface area contributed by atoms with Crippen molar-refractivity contribution in [2.24, 2.45) is 0 Å². The second-order valence-corrected chi connectivity index (χ2v) is 3.43. The monoisotopic (exact) mass is 258 g/mol. The fraction of sp³-hybridized carbons (Fsp3) is 0.417. The van der Waals surface area contributed by atoms with Crippen molar-refractivity contribution in [1.29, 1.82) is 0 Å². The number of benzene rings is 1. The molecule has 100 valence electrons. The van der Waals surface area contributed by atoms with Gasteiger partial charge < -0.3 is 19.3 Å². The molecule has 18 heavy (non-hydrogen) atoms. The van der Waals surface area contributed by atoms with Crippen LogP contribution in [0.25, 0.3) is 0 Å². The van der Waals surface area contributed by atoms with Crippen molar-refractivity contribution in [3.05, 3.63) is 29.6 Å². The fourth-order valence-electron chi connectivity index (χ4n) is 1.23. The van der Waals surface area contributed by atoms with Crippen molar-refractivity contribution in [2.75, 3.05) is 33.5 Å². The summed E-state index contributed by atoms with van der Waals surface area (Å²) in [7, 11) is 1.57. The van der Waals surface area contributed by atoms with E-state index < -0.39 is 11.8 Å². The number of hydrogen-bond donors (Lipinski definition) is 1. The number of hydrogen-bond acceptors (Lipinski definition) is 4. The zero-order chi connectivity index (χ0) is 13.4. The predicted molar refractivity (Wildman–Crippen MR) is 61.5 cm³/mol. The number of rotatable bonds is 8. The maximum absolute atomic E-state index is 13.1. The summed E-state index contributed by atoms with van der Waals surface area (Å²) in [5.41, 5.74) is -0.148. The molecule has 0 aromatic heterocycles. The van der Waals surface area contributed by atoms with Crippen LogP contribution in [-0.4, -0.2) is 44.6 Å². The number of ether oxygens (including phenoxy) is 3. The molecule has 0 radical (unpaired) electrons. The van der Waals surface area contributed by atoms with Gasteiger partial charge in [-0.3, -0.25) is 0 Å². The molecule has 0 aliphatic heterocycles. The van der Waals surface area contributed by atoms with Crippen LogP contribution in [0.3, 0.4) is 0 Å². The Kier molecular flexibility index (Phi) is 6.10. The molecular formula is C12H15FO5. The van der Waals surface area contributed by atoms with Crippen LogP contribution in [0.2, 0.25) is 0 Å². The summed E-state index contributed by atoms with van der Waals surface area (Å²) in [6.45, 7) is 1.47. The largest absolute Gasteiger partial charge is 0.491 e. The smallest absolute Gasteiger partial charge is 0.335 e. The maximum Gasteiger partial charge on any atom is 0.335 e. The van der Waals surface area contributed by atoms with Gasteiger partial charge in [0.25, 0.3) is 0 Å². The molecule has 1 N–H and O–H groups in total. The number of carboxylic acid groups (broad SMARTS) is 1. The SMILES string of the molecule is COCCOCCOc1cc(F)cc(C(=O)O)c1. The van der Waals surface area contributed by atoms with Gasteiger partial charge in [0.05, 0.1) is 25.4 Å². The van der Waals surface area contributed by atoms with Gasteiger partial charge >= 0.3 is 5.97 Å². The molecule has 0 heterocycles. The average molecular weight is 258 g/mol. The Bertz CT molecular complexity index is 394. The van der Waals surface area contributed by atoms with Crippen LogP contribution in [0.4, 0.5) is 4.39 Å². The van der Waals surface area contributed by atoms with Gasteiger partial charge in [-0.2, -0.15) is 0 Å². The second kappa shape index (κ2) is 7.62. The van der Waals surface area contributed by atoms with Crippen LogP contribution in [-0.2, 0) is 9.47 Å². The molecule has 1 aromatic carbocycles. The fourth-order valence-corrected chi connectivity index (χ4v) is 1.23. The van der Waals surface area contributed by atoms with Gasteiger partial charge in [-0.25, -0.2) is 9.18 Å². The normalized spacial score (nSPS) is 10.3. The summed E-state index contributed by atoms with van der Waals surface area (Å²) in [6.07, 6.45) is 0. The standard InChI is InChI=1S/C12H15FO5/c1-16-2-3-17-4-5-18-11-7-9(12(14)15)6-10(13)8-11/h6-8H,2-5H2,1H3,(H,14,15). The summed E-state index contributed by atoms with van der Waals surface area (Å²) in [6, 6.07) is 3.33. The molecule has 5 nitrogen and oxygen atoms in total. The van der Waals surface area contributed by atoms with Crippen LogP contribution in [0.15, 0.2) is 18.2 Å². The Morgan fingerprint density at radius 3 is 2.61 bits per heavy atom. The summed E-state index contributed by atoms with van der Waals surface area (Å²) >= 11 is 0. The van der Waals surface area contributed by atoms with Gasteiger partial charge in [-0.1, -0.05) is 0 Å². The van der Waals surface area contributed by atoms with Gasteiger partial charge in [0, 0.05) is 13.2 Å². The third-order valence-electron chi connectivity index (χ3n) is 2.05. The molecular weight excluding hydrogens is 243 g/mol. The van der Waals surface area contributed by atoms with E-state index in [9.17, 15) is 9.18 Å². The van der Waals surface area contributed by atoms with E-state index in [1.807, 2.05) is 0 Å². The molecule has 0 amide bonds. The highest BCUT2D eigenvalue weighted by Crippen LogP contribution is 2.16. The van der Waals surface area contributed by atoms with Gasteiger partial charge in [0.2, 0.25) is 0 Å². The van der Waals surface area contributed by atoms with E-state index in [1.165, 1.54) is 6.07 Å². The van der Waals surface area contributed by atoms with E-state index in [1.54, 1.807) is 7.11 Å². The summed E-state index contributed by atoms with van der Waals surface area (Å²) in [4.78, 5) is 10.7. The molecule has 0 bridgehead atoms. The number of aromatic carboxylic acids is 1. The molecule has 6 heteroatoms. The van der Waals surface area contributed by atoms with E-state index in [2.05, 4.69) is 0 Å². The minimum atomic E-state index is -1.20. The number of methoxy groups -OCH3 is 1. The van der Waals surface area contributed by atoms with E-state index in [0.717, 1.165) is 12.1 Å². The Morgan fingerprint density at radius 2 is 1.94 bits per heavy atom. The highest BCUT2D eigenvalue weighted by atomic mass is 19.1. The molecule has 0 aliphatic rings. The van der Waals surface area contributed by atoms with Crippen LogP contribution >= 0.6 is 0 Å². The molecule has 0 saturated carbocycles. The van der Waals surface area contributed by atoms with Crippen LogP contribution in [0.5, 0.6) is 5.75 Å². The lowest BCUT2D eigenvalue weighted by atomic mass is 10.2. The van der Waals surface area contributed by atoms with E-state index in [4.69, 9.17) is 19.3 Å². The Morgan fingerprint density at radius 1 is 1.22 bits per heavy atom. The van der Waals surface area contributed by atoms with Gasteiger partial charge in [0.1, 0.15) is 18.2 Å². The lowest BCUT2D eigenvalue weighted by Crippen LogP contribution is -2.10. The quantitative estimate of drug-likeness (QED) is 0.717. The highest BCUT2D eigenvalue weighted by Gasteiger charge is 2.07. The lowest BCUT2D eigenvalue weighted by Gasteiger charge is -2.08. The zero-order valence-corrected chi connectivity index (χ0v) is 10.0. The van der Waals surface area contributed by atoms with Crippen LogP contribution in [0.1, 0.15) is 10.4 Å². The maximum atomic E-state index is 13.1. The molecule has 0 atom stereocenters. The molecule has 1 aromatic rings. The number of halogens is 1. The van der Waals surface area contributed by atoms with E-state index >= 15 is 0 Å². The van der Waals surface area contributed by atoms with Crippen molar-refractivity contribution >= 4 is 5.97 Å². The van der Waals surface area contributed by atoms with Gasteiger partial charge in [-0.15, -0.1) is 0 Å². The zero-order valence-electron chi connectivity index (χ0n) is 10.0. The first-order chi connectivity index (χ1) is 8.63. The van der Waals surface area contributed by atoms with Crippen molar-refractivity contribution in [1.82, 2.24) is 0 Å². The van der Waals surface area contributed by atoms with Crippen LogP contribution in [0, 0.1) is 5.82 Å². The minimum Gasteiger partial charge on any atom is -0.491 e. The lowest BCUT2D eigenvalue weighted by molar-refractivity contribution is 0.0543. The first-order valence-electron chi connectivity index (χ1n) is 5.37. The van der Waals surface area contributed by atoms with Gasteiger partial charge in [-0.05, 0) is 12.1 Å². The third kappa shape index (κ3) is 5.11. The summed E-state index contributed by atoms with van der Waals surface area (Å²) in [5, 5.41) is 8.74. The highest BCUT2D eigenvalue weighted by molar-refractivity contribution is 5.88. The molecule has 0 unspecified atom stereocenters. The molecule has 1 rings (SSSR count). The first-order valence-corrected chi connectivity index (χ1v) is 5.37. The third-order valence-corrected chi connectivity index (χ3v) is 2.05. The Labute approximate surface area is 104 Å². The number of carboxylic acids is 1. The Balaban J connectivity index is 2.40. The topological polar surface area (TPSA) is 65.0 Å². The van der Waals surface area contributed by atoms with E-state index in [0.29, 0.717) is 19.8 Å². The van der Waals surface area contributed by atoms with Gasteiger partial charge in [0.15, 0.2) is 0 Å². The number of carbonyl (C=O) groups is 1. The first kappa shape index (κ1) is 14.4. The molecule has 0 fully saturated rings. The van der Waals surface area contributed by atoms with Crippen molar-refractivity contribution in [3.8, 4) is 5.75 Å². The van der Waals surface area contributed by atoms with Crippen molar-refractivity contribution in [3.63, 3.8) is 0 Å². The molecule has 0 saturated heterocycles. The van der Waals surface area contributed by atoms with Crippen molar-refractivity contribution < 1.29 is 28.5 Å². The predicted octanol–water partition coefficient (Wildman–Crippen LogP) is 1.57. The van der Waals surface area contributed by atoms with Crippen LogP contribution < -0.4 is 4.74 Å². The second-order valence-electron chi connectivity index (χ2n) is 3.43. The summed E-state index contributed by atoms with van der Waals surface area (Å²) < 4.78 is 28.2. The average Bonchev–Trinajstić information content (AvgIpc) is 2.33. The Hall–Kier alpha value is -1.66. The molecule has 0 aliphatic carbocycles. The summed E-state index contributed by atoms with van der Waals surface area (Å²) in [5.74, 6) is -1.68. The van der Waals surface area contributed by atoms with Crippen molar-refractivity contribution in [2.45, 2.75) is 0 Å².